The lowest BCUT2D eigenvalue weighted by Crippen LogP contribution is -1.94. The third-order valence-corrected chi connectivity index (χ3v) is 8.74. The summed E-state index contributed by atoms with van der Waals surface area (Å²) in [4.78, 5) is 0. The molecule has 0 saturated carbocycles. The molecule has 1 heteroatoms. The van der Waals surface area contributed by atoms with E-state index < -0.39 is 0 Å². The fourth-order valence-electron chi connectivity index (χ4n) is 6.94. The Morgan fingerprint density at radius 3 is 1.46 bits per heavy atom. The van der Waals surface area contributed by atoms with Crippen molar-refractivity contribution in [1.82, 2.24) is 4.57 Å². The zero-order chi connectivity index (χ0) is 26.9. The Morgan fingerprint density at radius 2 is 0.829 bits per heavy atom. The van der Waals surface area contributed by atoms with E-state index in [1.807, 2.05) is 0 Å². The van der Waals surface area contributed by atoms with Crippen molar-refractivity contribution >= 4 is 64.9 Å². The number of rotatable bonds is 2. The van der Waals surface area contributed by atoms with Crippen LogP contribution in [0.4, 0.5) is 0 Å². The van der Waals surface area contributed by atoms with Crippen molar-refractivity contribution in [2.45, 2.75) is 0 Å². The van der Waals surface area contributed by atoms with Crippen LogP contribution in [0.25, 0.3) is 81.7 Å². The van der Waals surface area contributed by atoms with E-state index >= 15 is 0 Å². The van der Waals surface area contributed by atoms with E-state index in [0.717, 1.165) is 0 Å². The molecule has 0 aliphatic carbocycles. The molecule has 0 spiro atoms. The van der Waals surface area contributed by atoms with Gasteiger partial charge < -0.3 is 4.57 Å². The van der Waals surface area contributed by atoms with E-state index in [2.05, 4.69) is 156 Å². The highest BCUT2D eigenvalue weighted by Gasteiger charge is 2.14. The van der Waals surface area contributed by atoms with Gasteiger partial charge in [0.2, 0.25) is 0 Å². The van der Waals surface area contributed by atoms with Gasteiger partial charge in [-0.3, -0.25) is 0 Å². The van der Waals surface area contributed by atoms with Crippen LogP contribution in [0.1, 0.15) is 0 Å². The number of para-hydroxylation sites is 2. The van der Waals surface area contributed by atoms with Crippen LogP contribution in [0.5, 0.6) is 0 Å². The largest absolute Gasteiger partial charge is 0.309 e. The molecule has 0 amide bonds. The number of hydrogen-bond donors (Lipinski definition) is 0. The summed E-state index contributed by atoms with van der Waals surface area (Å²) in [5, 5.41) is 12.9. The van der Waals surface area contributed by atoms with Crippen LogP contribution in [-0.4, -0.2) is 4.57 Å². The molecular weight excluding hydrogens is 494 g/mol. The average Bonchev–Trinajstić information content (AvgIpc) is 3.38. The van der Waals surface area contributed by atoms with Crippen molar-refractivity contribution in [3.05, 3.63) is 152 Å². The quantitative estimate of drug-likeness (QED) is 0.158. The first kappa shape index (κ1) is 22.4. The molecule has 9 rings (SSSR count). The Kier molecular flexibility index (Phi) is 4.67. The topological polar surface area (TPSA) is 4.93 Å². The summed E-state index contributed by atoms with van der Waals surface area (Å²) in [5.74, 6) is 0. The fourth-order valence-corrected chi connectivity index (χ4v) is 6.94. The highest BCUT2D eigenvalue weighted by Crippen LogP contribution is 2.40. The number of hydrogen-bond acceptors (Lipinski definition) is 0. The zero-order valence-electron chi connectivity index (χ0n) is 22.4. The van der Waals surface area contributed by atoms with Crippen LogP contribution < -0.4 is 0 Å². The van der Waals surface area contributed by atoms with Gasteiger partial charge in [-0.15, -0.1) is 0 Å². The molecule has 0 atom stereocenters. The van der Waals surface area contributed by atoms with E-state index in [1.165, 1.54) is 81.7 Å². The minimum absolute atomic E-state index is 1.18. The summed E-state index contributed by atoms with van der Waals surface area (Å²) >= 11 is 0. The lowest BCUT2D eigenvalue weighted by molar-refractivity contribution is 1.18. The lowest BCUT2D eigenvalue weighted by Gasteiger charge is -2.15. The Balaban J connectivity index is 1.33. The van der Waals surface area contributed by atoms with Gasteiger partial charge in [-0.1, -0.05) is 115 Å². The van der Waals surface area contributed by atoms with Gasteiger partial charge in [-0.2, -0.15) is 0 Å². The van der Waals surface area contributed by atoms with Crippen molar-refractivity contribution in [3.8, 4) is 16.8 Å². The van der Waals surface area contributed by atoms with E-state index in [9.17, 15) is 0 Å². The first-order valence-corrected chi connectivity index (χ1v) is 14.2. The maximum atomic E-state index is 2.42. The first-order valence-electron chi connectivity index (χ1n) is 14.2. The van der Waals surface area contributed by atoms with Crippen molar-refractivity contribution in [1.29, 1.82) is 0 Å². The normalized spacial score (nSPS) is 11.9. The highest BCUT2D eigenvalue weighted by atomic mass is 15.0. The second kappa shape index (κ2) is 8.55. The van der Waals surface area contributed by atoms with Gasteiger partial charge >= 0.3 is 0 Å². The molecule has 0 fully saturated rings. The van der Waals surface area contributed by atoms with Gasteiger partial charge in [0.1, 0.15) is 0 Å². The lowest BCUT2D eigenvalue weighted by atomic mass is 9.90. The van der Waals surface area contributed by atoms with Crippen LogP contribution >= 0.6 is 0 Å². The molecule has 0 unspecified atom stereocenters. The molecule has 190 valence electrons. The third-order valence-electron chi connectivity index (χ3n) is 8.74. The van der Waals surface area contributed by atoms with E-state index in [4.69, 9.17) is 0 Å². The van der Waals surface area contributed by atoms with Crippen molar-refractivity contribution in [3.63, 3.8) is 0 Å². The Bertz CT molecular complexity index is 2420. The van der Waals surface area contributed by atoms with E-state index in [-0.39, 0.29) is 0 Å². The van der Waals surface area contributed by atoms with Gasteiger partial charge in [0, 0.05) is 16.5 Å². The number of nitrogens with zero attached hydrogens (tertiary/aromatic N) is 1. The minimum atomic E-state index is 1.18. The Labute approximate surface area is 237 Å². The second-order valence-corrected chi connectivity index (χ2v) is 10.9. The van der Waals surface area contributed by atoms with Crippen LogP contribution in [0, 0.1) is 0 Å². The van der Waals surface area contributed by atoms with Gasteiger partial charge in [0.25, 0.3) is 0 Å². The summed E-state index contributed by atoms with van der Waals surface area (Å²) in [6, 6.07) is 55.6. The first-order chi connectivity index (χ1) is 20.3. The zero-order valence-corrected chi connectivity index (χ0v) is 22.4. The molecule has 9 aromatic rings. The molecule has 1 nitrogen and oxygen atoms in total. The molecule has 0 saturated heterocycles. The predicted molar refractivity (Wildman–Crippen MR) is 176 cm³/mol. The van der Waals surface area contributed by atoms with Crippen LogP contribution in [-0.2, 0) is 0 Å². The van der Waals surface area contributed by atoms with Crippen LogP contribution in [0.2, 0.25) is 0 Å². The standard InChI is InChI=1S/C40H25N/c1-3-16-32-30(14-1)31-15-2-4-17-33(31)38-25-36-27(24-37(32)38)12-10-20-29(36)26-11-9-13-28(23-26)41-39-21-7-5-18-34(39)35-19-6-8-22-40(35)41/h1-25H. The van der Waals surface area contributed by atoms with Gasteiger partial charge in [0.15, 0.2) is 0 Å². The van der Waals surface area contributed by atoms with E-state index in [1.54, 1.807) is 0 Å². The van der Waals surface area contributed by atoms with Crippen molar-refractivity contribution < 1.29 is 0 Å². The minimum Gasteiger partial charge on any atom is -0.309 e. The van der Waals surface area contributed by atoms with Gasteiger partial charge in [0.05, 0.1) is 11.0 Å². The monoisotopic (exact) mass is 519 g/mol. The van der Waals surface area contributed by atoms with Gasteiger partial charge in [-0.25, -0.2) is 0 Å². The summed E-state index contributed by atoms with van der Waals surface area (Å²) in [7, 11) is 0. The molecule has 0 aliphatic heterocycles. The van der Waals surface area contributed by atoms with E-state index in [0.29, 0.717) is 0 Å². The summed E-state index contributed by atoms with van der Waals surface area (Å²) in [5.41, 5.74) is 6.11. The van der Waals surface area contributed by atoms with Crippen molar-refractivity contribution in [2.24, 2.45) is 0 Å². The van der Waals surface area contributed by atoms with Crippen molar-refractivity contribution in [2.75, 3.05) is 0 Å². The molecule has 0 bridgehead atoms. The molecular formula is C40H25N. The molecule has 1 heterocycles. The SMILES string of the molecule is c1cc(-c2cccc3cc4c5ccccc5c5ccccc5c4cc23)cc(-n2c3ccccc3c3ccccc32)c1. The Hall–Kier alpha value is -5.40. The third kappa shape index (κ3) is 3.24. The number of benzene rings is 8. The second-order valence-electron chi connectivity index (χ2n) is 10.9. The maximum Gasteiger partial charge on any atom is 0.0541 e. The fraction of sp³-hybridized carbons (Fsp3) is 0. The average molecular weight is 520 g/mol. The van der Waals surface area contributed by atoms with Gasteiger partial charge in [-0.05, 0) is 90.6 Å². The molecule has 1 aromatic heterocycles. The molecule has 0 aliphatic rings. The highest BCUT2D eigenvalue weighted by molar-refractivity contribution is 6.27. The Morgan fingerprint density at radius 1 is 0.317 bits per heavy atom. The molecule has 0 radical (unpaired) electrons. The molecule has 8 aromatic carbocycles. The van der Waals surface area contributed by atoms with Crippen LogP contribution in [0.15, 0.2) is 152 Å². The predicted octanol–water partition coefficient (Wildman–Crippen LogP) is 11.1. The smallest absolute Gasteiger partial charge is 0.0541 e. The number of aromatic nitrogens is 1. The van der Waals surface area contributed by atoms with Crippen LogP contribution in [0.3, 0.4) is 0 Å². The molecule has 41 heavy (non-hydrogen) atoms. The molecule has 0 N–H and O–H groups in total. The summed E-state index contributed by atoms with van der Waals surface area (Å²) < 4.78 is 2.40. The maximum absolute atomic E-state index is 2.42. The summed E-state index contributed by atoms with van der Waals surface area (Å²) in [6.07, 6.45) is 0. The summed E-state index contributed by atoms with van der Waals surface area (Å²) in [6.45, 7) is 0. The number of fused-ring (bicyclic) bond motifs is 10.